The highest BCUT2D eigenvalue weighted by atomic mass is 32.2. The molecule has 0 radical (unpaired) electrons. The maximum Gasteiger partial charge on any atom is 0.227 e. The molecule has 1 atom stereocenters. The average molecular weight is 332 g/mol. The summed E-state index contributed by atoms with van der Waals surface area (Å²) < 4.78 is 0. The lowest BCUT2D eigenvalue weighted by Gasteiger charge is -2.20. The quantitative estimate of drug-likeness (QED) is 0.850. The number of amides is 2. The van der Waals surface area contributed by atoms with E-state index < -0.39 is 0 Å². The average Bonchev–Trinajstić information content (AvgIpc) is 3.11. The lowest BCUT2D eigenvalue weighted by atomic mass is 10.1. The van der Waals surface area contributed by atoms with Crippen LogP contribution in [0.25, 0.3) is 0 Å². The summed E-state index contributed by atoms with van der Waals surface area (Å²) in [5.41, 5.74) is 1.76. The minimum Gasteiger partial charge on any atom is -0.312 e. The fourth-order valence-electron chi connectivity index (χ4n) is 3.11. The van der Waals surface area contributed by atoms with Crippen LogP contribution in [0, 0.1) is 5.92 Å². The predicted octanol–water partition coefficient (Wildman–Crippen LogP) is 2.45. The van der Waals surface area contributed by atoms with E-state index in [0.29, 0.717) is 25.1 Å². The molecule has 0 N–H and O–H groups in total. The third kappa shape index (κ3) is 3.58. The highest BCUT2D eigenvalue weighted by Gasteiger charge is 2.31. The van der Waals surface area contributed by atoms with Crippen LogP contribution in [0.3, 0.4) is 0 Å². The van der Waals surface area contributed by atoms with Crippen LogP contribution >= 0.6 is 11.8 Å². The second-order valence-corrected chi connectivity index (χ2v) is 7.24. The van der Waals surface area contributed by atoms with Crippen molar-refractivity contribution in [1.82, 2.24) is 0 Å². The van der Waals surface area contributed by atoms with Gasteiger partial charge in [0.05, 0.1) is 0 Å². The van der Waals surface area contributed by atoms with Crippen molar-refractivity contribution < 1.29 is 14.4 Å². The first kappa shape index (κ1) is 16.1. The molecule has 1 aromatic rings. The maximum absolute atomic E-state index is 12.2. The minimum absolute atomic E-state index is 0.0931. The Morgan fingerprint density at radius 2 is 1.78 bits per heavy atom. The van der Waals surface area contributed by atoms with Crippen LogP contribution in [0.5, 0.6) is 0 Å². The van der Waals surface area contributed by atoms with Crippen molar-refractivity contribution in [2.75, 3.05) is 28.6 Å². The molecule has 1 unspecified atom stereocenters. The summed E-state index contributed by atoms with van der Waals surface area (Å²) in [4.78, 5) is 38.6. The molecule has 0 saturated carbocycles. The highest BCUT2D eigenvalue weighted by Crippen LogP contribution is 2.30. The molecular weight excluding hydrogens is 312 g/mol. The molecular formula is C17H20N2O3S. The minimum atomic E-state index is 0.0931. The van der Waals surface area contributed by atoms with Crippen LogP contribution in [0.2, 0.25) is 0 Å². The number of hydrogen-bond donors (Lipinski definition) is 0. The lowest BCUT2D eigenvalue weighted by Crippen LogP contribution is -2.26. The van der Waals surface area contributed by atoms with Crippen molar-refractivity contribution >= 4 is 40.1 Å². The molecule has 1 aromatic carbocycles. The summed E-state index contributed by atoms with van der Waals surface area (Å²) in [6, 6.07) is 7.62. The van der Waals surface area contributed by atoms with Gasteiger partial charge in [-0.1, -0.05) is 11.8 Å². The number of hydrogen-bond acceptors (Lipinski definition) is 4. The van der Waals surface area contributed by atoms with Crippen molar-refractivity contribution in [3.05, 3.63) is 24.3 Å². The van der Waals surface area contributed by atoms with Gasteiger partial charge in [0.1, 0.15) is 0 Å². The van der Waals surface area contributed by atoms with Crippen molar-refractivity contribution in [1.29, 1.82) is 0 Å². The highest BCUT2D eigenvalue weighted by molar-refractivity contribution is 8.13. The van der Waals surface area contributed by atoms with E-state index in [0.717, 1.165) is 24.3 Å². The molecule has 3 rings (SSSR count). The summed E-state index contributed by atoms with van der Waals surface area (Å²) in [5.74, 6) is 1.18. The number of rotatable bonds is 4. The molecule has 0 bridgehead atoms. The molecule has 2 fully saturated rings. The Morgan fingerprint density at radius 1 is 1.13 bits per heavy atom. The van der Waals surface area contributed by atoms with Gasteiger partial charge in [-0.3, -0.25) is 14.4 Å². The molecule has 2 saturated heterocycles. The zero-order valence-electron chi connectivity index (χ0n) is 13.2. The number of anilines is 2. The van der Waals surface area contributed by atoms with Crippen LogP contribution in [0.4, 0.5) is 11.4 Å². The Bertz CT molecular complexity index is 629. The van der Waals surface area contributed by atoms with Crippen LogP contribution in [-0.2, 0) is 14.4 Å². The van der Waals surface area contributed by atoms with E-state index in [9.17, 15) is 14.4 Å². The molecule has 2 heterocycles. The molecule has 0 aliphatic carbocycles. The molecule has 2 aliphatic rings. The van der Waals surface area contributed by atoms with Crippen molar-refractivity contribution in [2.24, 2.45) is 5.92 Å². The van der Waals surface area contributed by atoms with Gasteiger partial charge >= 0.3 is 0 Å². The number of carbonyl (C=O) groups excluding carboxylic acids is 3. The molecule has 23 heavy (non-hydrogen) atoms. The van der Waals surface area contributed by atoms with Gasteiger partial charge in [0.2, 0.25) is 11.8 Å². The molecule has 122 valence electrons. The largest absolute Gasteiger partial charge is 0.312 e. The van der Waals surface area contributed by atoms with E-state index in [1.165, 1.54) is 11.8 Å². The Kier molecular flexibility index (Phi) is 4.71. The van der Waals surface area contributed by atoms with E-state index in [1.54, 1.807) is 16.7 Å². The van der Waals surface area contributed by atoms with Gasteiger partial charge in [-0.25, -0.2) is 0 Å². The number of nitrogens with zero attached hydrogens (tertiary/aromatic N) is 2. The number of carbonyl (C=O) groups is 3. The topological polar surface area (TPSA) is 57.7 Å². The third-order valence-corrected chi connectivity index (χ3v) is 5.32. The lowest BCUT2D eigenvalue weighted by molar-refractivity contribution is -0.118. The van der Waals surface area contributed by atoms with Gasteiger partial charge in [0.15, 0.2) is 5.12 Å². The van der Waals surface area contributed by atoms with E-state index in [4.69, 9.17) is 0 Å². The molecule has 0 aromatic heterocycles. The van der Waals surface area contributed by atoms with Gasteiger partial charge in [-0.15, -0.1) is 0 Å². The Hall–Kier alpha value is -1.82. The Morgan fingerprint density at radius 3 is 2.35 bits per heavy atom. The van der Waals surface area contributed by atoms with Crippen molar-refractivity contribution in [2.45, 2.75) is 26.2 Å². The Labute approximate surface area is 140 Å². The monoisotopic (exact) mass is 332 g/mol. The molecule has 2 amide bonds. The first-order chi connectivity index (χ1) is 11.0. The summed E-state index contributed by atoms with van der Waals surface area (Å²) in [6.07, 6.45) is 2.01. The van der Waals surface area contributed by atoms with E-state index >= 15 is 0 Å². The first-order valence-electron chi connectivity index (χ1n) is 7.89. The molecule has 6 heteroatoms. The summed E-state index contributed by atoms with van der Waals surface area (Å²) in [6.45, 7) is 2.98. The SMILES string of the molecule is CC(=O)SCC1CC(=O)N(c2ccc(N3CCCC3=O)cc2)C1. The number of thioether (sulfide) groups is 1. The second-order valence-electron chi connectivity index (χ2n) is 6.04. The van der Waals surface area contributed by atoms with Gasteiger partial charge in [0, 0.05) is 50.0 Å². The predicted molar refractivity (Wildman–Crippen MR) is 91.6 cm³/mol. The van der Waals surface area contributed by atoms with E-state index in [2.05, 4.69) is 0 Å². The van der Waals surface area contributed by atoms with Gasteiger partial charge in [0.25, 0.3) is 0 Å². The van der Waals surface area contributed by atoms with Crippen LogP contribution < -0.4 is 9.80 Å². The summed E-state index contributed by atoms with van der Waals surface area (Å²) in [5, 5.41) is 0.0931. The Balaban J connectivity index is 1.66. The molecule has 0 spiro atoms. The smallest absolute Gasteiger partial charge is 0.227 e. The van der Waals surface area contributed by atoms with E-state index in [-0.39, 0.29) is 22.8 Å². The number of benzene rings is 1. The third-order valence-electron chi connectivity index (χ3n) is 4.27. The molecule has 5 nitrogen and oxygen atoms in total. The zero-order chi connectivity index (χ0) is 16.4. The van der Waals surface area contributed by atoms with Gasteiger partial charge in [-0.05, 0) is 36.6 Å². The van der Waals surface area contributed by atoms with Crippen LogP contribution in [-0.4, -0.2) is 35.8 Å². The zero-order valence-corrected chi connectivity index (χ0v) is 14.0. The molecule has 2 aliphatic heterocycles. The fraction of sp³-hybridized carbons (Fsp3) is 0.471. The fourth-order valence-corrected chi connectivity index (χ4v) is 3.81. The summed E-state index contributed by atoms with van der Waals surface area (Å²) in [7, 11) is 0. The van der Waals surface area contributed by atoms with E-state index in [1.807, 2.05) is 24.3 Å². The van der Waals surface area contributed by atoms with Crippen LogP contribution in [0.15, 0.2) is 24.3 Å². The first-order valence-corrected chi connectivity index (χ1v) is 8.87. The van der Waals surface area contributed by atoms with Gasteiger partial charge in [-0.2, -0.15) is 0 Å². The van der Waals surface area contributed by atoms with Crippen molar-refractivity contribution in [3.8, 4) is 0 Å². The normalized spacial score (nSPS) is 21.3. The van der Waals surface area contributed by atoms with Crippen LogP contribution in [0.1, 0.15) is 26.2 Å². The second kappa shape index (κ2) is 6.74. The maximum atomic E-state index is 12.2. The van der Waals surface area contributed by atoms with Gasteiger partial charge < -0.3 is 9.80 Å². The summed E-state index contributed by atoms with van der Waals surface area (Å²) >= 11 is 1.29. The standard InChI is InChI=1S/C17H20N2O3S/c1-12(20)23-11-13-9-17(22)19(10-13)15-6-4-14(5-7-15)18-8-2-3-16(18)21/h4-7,13H,2-3,8-11H2,1H3. The van der Waals surface area contributed by atoms with Crippen molar-refractivity contribution in [3.63, 3.8) is 0 Å².